The quantitative estimate of drug-likeness (QED) is 0.882. The zero-order valence-electron chi connectivity index (χ0n) is 10.9. The Morgan fingerprint density at radius 1 is 1.33 bits per heavy atom. The smallest absolute Gasteiger partial charge is 0.163 e. The molecule has 1 fully saturated rings. The summed E-state index contributed by atoms with van der Waals surface area (Å²) in [6, 6.07) is 0.534. The average Bonchev–Trinajstić information content (AvgIpc) is 2.73. The molecular formula is C13H19N5. The number of anilines is 1. The van der Waals surface area contributed by atoms with Crippen LogP contribution in [0.4, 0.5) is 5.82 Å². The summed E-state index contributed by atoms with van der Waals surface area (Å²) in [5.74, 6) is 1.73. The number of aromatic nitrogens is 4. The fraction of sp³-hybridized carbons (Fsp3) is 0.615. The standard InChI is InChI=1S/C13H19N5/c1-9-4-3-5-10(6-9)17-12-11-7-16-18(2)13(11)15-8-14-12/h7-10H,3-6H2,1-2H3,(H,14,15,17). The van der Waals surface area contributed by atoms with Gasteiger partial charge in [0.25, 0.3) is 0 Å². The van der Waals surface area contributed by atoms with E-state index in [0.29, 0.717) is 6.04 Å². The predicted molar refractivity (Wildman–Crippen MR) is 71.3 cm³/mol. The van der Waals surface area contributed by atoms with Gasteiger partial charge in [0.2, 0.25) is 0 Å². The number of nitrogens with one attached hydrogen (secondary N) is 1. The number of fused-ring (bicyclic) bond motifs is 1. The molecule has 0 spiro atoms. The molecule has 5 heteroatoms. The van der Waals surface area contributed by atoms with E-state index in [0.717, 1.165) is 22.8 Å². The summed E-state index contributed by atoms with van der Waals surface area (Å²) >= 11 is 0. The summed E-state index contributed by atoms with van der Waals surface area (Å²) < 4.78 is 1.78. The molecule has 0 radical (unpaired) electrons. The second-order valence-corrected chi connectivity index (χ2v) is 5.34. The highest BCUT2D eigenvalue weighted by Gasteiger charge is 2.20. The van der Waals surface area contributed by atoms with Crippen molar-refractivity contribution in [3.63, 3.8) is 0 Å². The lowest BCUT2D eigenvalue weighted by atomic mass is 9.87. The lowest BCUT2D eigenvalue weighted by Crippen LogP contribution is -2.26. The molecule has 0 bridgehead atoms. The number of hydrogen-bond donors (Lipinski definition) is 1. The average molecular weight is 245 g/mol. The van der Waals surface area contributed by atoms with Crippen molar-refractivity contribution >= 4 is 16.9 Å². The third kappa shape index (κ3) is 2.05. The summed E-state index contributed by atoms with van der Waals surface area (Å²) in [7, 11) is 1.90. The van der Waals surface area contributed by atoms with Gasteiger partial charge < -0.3 is 5.32 Å². The van der Waals surface area contributed by atoms with Gasteiger partial charge in [0.15, 0.2) is 5.65 Å². The lowest BCUT2D eigenvalue weighted by molar-refractivity contribution is 0.358. The minimum atomic E-state index is 0.534. The second-order valence-electron chi connectivity index (χ2n) is 5.34. The molecular weight excluding hydrogens is 226 g/mol. The summed E-state index contributed by atoms with van der Waals surface area (Å²) in [6.45, 7) is 2.33. The van der Waals surface area contributed by atoms with Gasteiger partial charge in [-0.2, -0.15) is 5.10 Å². The van der Waals surface area contributed by atoms with Gasteiger partial charge in [-0.15, -0.1) is 0 Å². The molecule has 0 aromatic carbocycles. The van der Waals surface area contributed by atoms with Crippen LogP contribution in [0, 0.1) is 5.92 Å². The Kier molecular flexibility index (Phi) is 2.89. The van der Waals surface area contributed by atoms with Gasteiger partial charge in [-0.1, -0.05) is 19.8 Å². The fourth-order valence-corrected chi connectivity index (χ4v) is 2.84. The highest BCUT2D eigenvalue weighted by atomic mass is 15.3. The number of rotatable bonds is 2. The third-order valence-electron chi connectivity index (χ3n) is 3.81. The van der Waals surface area contributed by atoms with Crippen LogP contribution in [0.3, 0.4) is 0 Å². The third-order valence-corrected chi connectivity index (χ3v) is 3.81. The van der Waals surface area contributed by atoms with Gasteiger partial charge in [-0.25, -0.2) is 9.97 Å². The Hall–Kier alpha value is -1.65. The summed E-state index contributed by atoms with van der Waals surface area (Å²) in [5, 5.41) is 8.81. The molecule has 2 heterocycles. The lowest BCUT2D eigenvalue weighted by Gasteiger charge is -2.27. The summed E-state index contributed by atoms with van der Waals surface area (Å²) in [6.07, 6.45) is 8.56. The SMILES string of the molecule is CC1CCCC(Nc2ncnc3c2cnn3C)C1. The molecule has 3 rings (SSSR count). The number of hydrogen-bond acceptors (Lipinski definition) is 4. The van der Waals surface area contributed by atoms with Crippen molar-refractivity contribution in [3.8, 4) is 0 Å². The van der Waals surface area contributed by atoms with Crippen molar-refractivity contribution in [2.75, 3.05) is 5.32 Å². The first-order chi connectivity index (χ1) is 8.74. The van der Waals surface area contributed by atoms with E-state index in [-0.39, 0.29) is 0 Å². The molecule has 2 unspecified atom stereocenters. The summed E-state index contributed by atoms with van der Waals surface area (Å²) in [4.78, 5) is 8.62. The first-order valence-corrected chi connectivity index (χ1v) is 6.63. The molecule has 1 aliphatic carbocycles. The van der Waals surface area contributed by atoms with Crippen LogP contribution in [0.25, 0.3) is 11.0 Å². The Morgan fingerprint density at radius 3 is 3.06 bits per heavy atom. The number of nitrogens with zero attached hydrogens (tertiary/aromatic N) is 4. The van der Waals surface area contributed by atoms with Gasteiger partial charge in [-0.3, -0.25) is 4.68 Å². The van der Waals surface area contributed by atoms with Crippen LogP contribution < -0.4 is 5.32 Å². The van der Waals surface area contributed by atoms with Crippen molar-refractivity contribution in [1.29, 1.82) is 0 Å². The Bertz CT molecular complexity index is 547. The largest absolute Gasteiger partial charge is 0.367 e. The molecule has 2 aromatic rings. The van der Waals surface area contributed by atoms with Crippen LogP contribution >= 0.6 is 0 Å². The van der Waals surface area contributed by atoms with Crippen LogP contribution in [0.1, 0.15) is 32.6 Å². The van der Waals surface area contributed by atoms with Crippen molar-refractivity contribution in [2.45, 2.75) is 38.6 Å². The maximum absolute atomic E-state index is 4.36. The minimum absolute atomic E-state index is 0.534. The molecule has 1 saturated carbocycles. The highest BCUT2D eigenvalue weighted by Crippen LogP contribution is 2.27. The maximum Gasteiger partial charge on any atom is 0.163 e. The molecule has 96 valence electrons. The van der Waals surface area contributed by atoms with Gasteiger partial charge in [0.1, 0.15) is 12.1 Å². The van der Waals surface area contributed by atoms with E-state index in [9.17, 15) is 0 Å². The zero-order valence-corrected chi connectivity index (χ0v) is 10.9. The minimum Gasteiger partial charge on any atom is -0.367 e. The fourth-order valence-electron chi connectivity index (χ4n) is 2.84. The topological polar surface area (TPSA) is 55.6 Å². The van der Waals surface area contributed by atoms with E-state index in [1.807, 2.05) is 13.2 Å². The van der Waals surface area contributed by atoms with Crippen molar-refractivity contribution in [3.05, 3.63) is 12.5 Å². The Morgan fingerprint density at radius 2 is 2.22 bits per heavy atom. The normalized spacial score (nSPS) is 24.3. The van der Waals surface area contributed by atoms with E-state index in [1.54, 1.807) is 11.0 Å². The second kappa shape index (κ2) is 4.55. The van der Waals surface area contributed by atoms with E-state index in [2.05, 4.69) is 27.3 Å². The molecule has 1 aliphatic rings. The van der Waals surface area contributed by atoms with Gasteiger partial charge in [0.05, 0.1) is 11.6 Å². The van der Waals surface area contributed by atoms with Crippen LogP contribution in [-0.4, -0.2) is 25.8 Å². The predicted octanol–water partition coefficient (Wildman–Crippen LogP) is 2.35. The van der Waals surface area contributed by atoms with Gasteiger partial charge in [-0.05, 0) is 18.8 Å². The van der Waals surface area contributed by atoms with Crippen LogP contribution in [-0.2, 0) is 7.05 Å². The van der Waals surface area contributed by atoms with E-state index in [1.165, 1.54) is 25.7 Å². The van der Waals surface area contributed by atoms with Gasteiger partial charge >= 0.3 is 0 Å². The Balaban J connectivity index is 1.86. The molecule has 1 N–H and O–H groups in total. The molecule has 2 aromatic heterocycles. The monoisotopic (exact) mass is 245 g/mol. The molecule has 0 amide bonds. The summed E-state index contributed by atoms with van der Waals surface area (Å²) in [5.41, 5.74) is 0.886. The first kappa shape index (κ1) is 11.4. The van der Waals surface area contributed by atoms with E-state index >= 15 is 0 Å². The van der Waals surface area contributed by atoms with Crippen LogP contribution in [0.15, 0.2) is 12.5 Å². The zero-order chi connectivity index (χ0) is 12.5. The number of aryl methyl sites for hydroxylation is 1. The first-order valence-electron chi connectivity index (χ1n) is 6.63. The van der Waals surface area contributed by atoms with Crippen LogP contribution in [0.2, 0.25) is 0 Å². The molecule has 5 nitrogen and oxygen atoms in total. The molecule has 0 aliphatic heterocycles. The maximum atomic E-state index is 4.36. The van der Waals surface area contributed by atoms with E-state index < -0.39 is 0 Å². The highest BCUT2D eigenvalue weighted by molar-refractivity contribution is 5.86. The molecule has 0 saturated heterocycles. The van der Waals surface area contributed by atoms with Crippen LogP contribution in [0.5, 0.6) is 0 Å². The molecule has 18 heavy (non-hydrogen) atoms. The van der Waals surface area contributed by atoms with Gasteiger partial charge in [0, 0.05) is 13.1 Å². The van der Waals surface area contributed by atoms with Crippen molar-refractivity contribution < 1.29 is 0 Å². The molecule has 2 atom stereocenters. The van der Waals surface area contributed by atoms with Crippen molar-refractivity contribution in [1.82, 2.24) is 19.7 Å². The Labute approximate surface area is 107 Å². The van der Waals surface area contributed by atoms with Crippen molar-refractivity contribution in [2.24, 2.45) is 13.0 Å². The van der Waals surface area contributed by atoms with E-state index in [4.69, 9.17) is 0 Å².